The lowest BCUT2D eigenvalue weighted by Gasteiger charge is -2.20. The molecule has 0 bridgehead atoms. The van der Waals surface area contributed by atoms with Gasteiger partial charge in [-0.15, -0.1) is 0 Å². The van der Waals surface area contributed by atoms with E-state index in [0.717, 1.165) is 0 Å². The number of benzene rings is 1. The Morgan fingerprint density at radius 2 is 1.95 bits per heavy atom. The number of amides is 2. The minimum atomic E-state index is -0.344. The summed E-state index contributed by atoms with van der Waals surface area (Å²) < 4.78 is 0.531. The Hall–Kier alpha value is -1.56. The first-order valence-corrected chi connectivity index (χ1v) is 6.63. The van der Waals surface area contributed by atoms with Gasteiger partial charge >= 0.3 is 0 Å². The summed E-state index contributed by atoms with van der Waals surface area (Å²) in [6.45, 7) is 5.56. The van der Waals surface area contributed by atoms with Gasteiger partial charge in [0.15, 0.2) is 0 Å². The van der Waals surface area contributed by atoms with Gasteiger partial charge in [-0.1, -0.05) is 6.07 Å². The zero-order valence-corrected chi connectivity index (χ0v) is 12.8. The molecule has 0 fully saturated rings. The van der Waals surface area contributed by atoms with Crippen molar-refractivity contribution in [2.45, 2.75) is 26.3 Å². The third-order valence-electron chi connectivity index (χ3n) is 2.20. The smallest absolute Gasteiger partial charge is 0.252 e. The molecule has 19 heavy (non-hydrogen) atoms. The van der Waals surface area contributed by atoms with Crippen molar-refractivity contribution < 1.29 is 9.59 Å². The number of anilines is 1. The zero-order chi connectivity index (χ0) is 14.6. The quantitative estimate of drug-likeness (QED) is 0.738. The van der Waals surface area contributed by atoms with E-state index in [1.54, 1.807) is 18.2 Å². The highest BCUT2D eigenvalue weighted by atomic mass is 79.9. The highest BCUT2D eigenvalue weighted by Crippen LogP contribution is 2.23. The second kappa shape index (κ2) is 6.06. The lowest BCUT2D eigenvalue weighted by molar-refractivity contribution is -0.121. The van der Waals surface area contributed by atoms with Gasteiger partial charge in [-0.05, 0) is 48.8 Å². The first-order chi connectivity index (χ1) is 8.70. The maximum Gasteiger partial charge on any atom is 0.252 e. The number of hydrogen-bond donors (Lipinski definition) is 3. The molecule has 1 aromatic rings. The highest BCUT2D eigenvalue weighted by Gasteiger charge is 2.16. The second-order valence-electron chi connectivity index (χ2n) is 5.19. The maximum atomic E-state index is 11.9. The van der Waals surface area contributed by atoms with Gasteiger partial charge in [-0.3, -0.25) is 9.59 Å². The fraction of sp³-hybridized carbons (Fsp3) is 0.385. The number of nitrogen functional groups attached to an aromatic ring is 1. The van der Waals surface area contributed by atoms with Gasteiger partial charge in [0.25, 0.3) is 5.91 Å². The van der Waals surface area contributed by atoms with Gasteiger partial charge in [-0.25, -0.2) is 0 Å². The summed E-state index contributed by atoms with van der Waals surface area (Å²) in [6.07, 6.45) is 0. The lowest BCUT2D eigenvalue weighted by Crippen LogP contribution is -2.45. The van der Waals surface area contributed by atoms with Crippen LogP contribution in [0.4, 0.5) is 5.69 Å². The topological polar surface area (TPSA) is 84.2 Å². The standard InChI is InChI=1S/C13H18BrN3O2/c1-13(2,3)17-10(18)7-16-12(19)8-5-4-6-9(15)11(8)14/h4-6H,7,15H2,1-3H3,(H,16,19)(H,17,18). The molecule has 4 N–H and O–H groups in total. The van der Waals surface area contributed by atoms with Crippen molar-refractivity contribution in [3.8, 4) is 0 Å². The summed E-state index contributed by atoms with van der Waals surface area (Å²) in [7, 11) is 0. The number of nitrogens with two attached hydrogens (primary N) is 1. The van der Waals surface area contributed by atoms with E-state index in [0.29, 0.717) is 15.7 Å². The van der Waals surface area contributed by atoms with Crippen LogP contribution in [0.25, 0.3) is 0 Å². The molecule has 1 aromatic carbocycles. The van der Waals surface area contributed by atoms with Gasteiger partial charge in [0.1, 0.15) is 0 Å². The Balaban J connectivity index is 2.61. The molecule has 6 heteroatoms. The summed E-state index contributed by atoms with van der Waals surface area (Å²) in [6, 6.07) is 5.01. The first kappa shape index (κ1) is 15.5. The van der Waals surface area contributed by atoms with E-state index in [4.69, 9.17) is 5.73 Å². The van der Waals surface area contributed by atoms with Gasteiger partial charge in [0.05, 0.1) is 16.6 Å². The molecule has 0 aliphatic rings. The minimum Gasteiger partial charge on any atom is -0.398 e. The average Bonchev–Trinajstić information content (AvgIpc) is 2.27. The molecule has 0 spiro atoms. The molecule has 0 radical (unpaired) electrons. The van der Waals surface area contributed by atoms with Crippen molar-refractivity contribution in [2.75, 3.05) is 12.3 Å². The number of nitrogens with one attached hydrogen (secondary N) is 2. The molecule has 0 atom stereocenters. The van der Waals surface area contributed by atoms with Crippen LogP contribution >= 0.6 is 15.9 Å². The average molecular weight is 328 g/mol. The summed E-state index contributed by atoms with van der Waals surface area (Å²) in [4.78, 5) is 23.5. The summed E-state index contributed by atoms with van der Waals surface area (Å²) in [5, 5.41) is 5.31. The van der Waals surface area contributed by atoms with Gasteiger partial charge in [-0.2, -0.15) is 0 Å². The Kier molecular flexibility index (Phi) is 4.94. The number of carbonyl (C=O) groups excluding carboxylic acids is 2. The molecule has 5 nitrogen and oxygen atoms in total. The summed E-state index contributed by atoms with van der Waals surface area (Å²) >= 11 is 3.25. The lowest BCUT2D eigenvalue weighted by atomic mass is 10.1. The monoisotopic (exact) mass is 327 g/mol. The number of rotatable bonds is 3. The second-order valence-corrected chi connectivity index (χ2v) is 5.98. The third-order valence-corrected chi connectivity index (χ3v) is 3.08. The van der Waals surface area contributed by atoms with Crippen molar-refractivity contribution in [3.05, 3.63) is 28.2 Å². The van der Waals surface area contributed by atoms with Crippen LogP contribution in [0.3, 0.4) is 0 Å². The predicted molar refractivity (Wildman–Crippen MR) is 78.8 cm³/mol. The van der Waals surface area contributed by atoms with Crippen molar-refractivity contribution in [1.29, 1.82) is 0 Å². The fourth-order valence-corrected chi connectivity index (χ4v) is 1.89. The van der Waals surface area contributed by atoms with E-state index in [1.807, 2.05) is 20.8 Å². The van der Waals surface area contributed by atoms with E-state index in [9.17, 15) is 9.59 Å². The van der Waals surface area contributed by atoms with E-state index < -0.39 is 0 Å². The molecular weight excluding hydrogens is 310 g/mol. The SMILES string of the molecule is CC(C)(C)NC(=O)CNC(=O)c1cccc(N)c1Br. The molecule has 0 saturated carbocycles. The van der Waals surface area contributed by atoms with Gasteiger partial charge < -0.3 is 16.4 Å². The van der Waals surface area contributed by atoms with Crippen LogP contribution in [0, 0.1) is 0 Å². The molecule has 0 aliphatic carbocycles. The van der Waals surface area contributed by atoms with E-state index in [-0.39, 0.29) is 23.9 Å². The molecule has 0 aromatic heterocycles. The molecule has 0 unspecified atom stereocenters. The van der Waals surface area contributed by atoms with Crippen LogP contribution in [0.15, 0.2) is 22.7 Å². The number of halogens is 1. The summed E-state index contributed by atoms with van der Waals surface area (Å²) in [5.74, 6) is -0.580. The Morgan fingerprint density at radius 1 is 1.32 bits per heavy atom. The molecule has 0 saturated heterocycles. The largest absolute Gasteiger partial charge is 0.398 e. The first-order valence-electron chi connectivity index (χ1n) is 5.84. The number of hydrogen-bond acceptors (Lipinski definition) is 3. The number of carbonyl (C=O) groups is 2. The van der Waals surface area contributed by atoms with Crippen LogP contribution in [-0.4, -0.2) is 23.9 Å². The molecule has 1 rings (SSSR count). The zero-order valence-electron chi connectivity index (χ0n) is 11.2. The molecule has 2 amide bonds. The fourth-order valence-electron chi connectivity index (χ4n) is 1.44. The normalized spacial score (nSPS) is 10.9. The van der Waals surface area contributed by atoms with Crippen molar-refractivity contribution in [2.24, 2.45) is 0 Å². The molecular formula is C13H18BrN3O2. The Bertz CT molecular complexity index is 495. The van der Waals surface area contributed by atoms with Crippen molar-refractivity contribution in [1.82, 2.24) is 10.6 Å². The van der Waals surface area contributed by atoms with Crippen LogP contribution in [0.5, 0.6) is 0 Å². The van der Waals surface area contributed by atoms with Gasteiger partial charge in [0, 0.05) is 11.2 Å². The highest BCUT2D eigenvalue weighted by molar-refractivity contribution is 9.10. The van der Waals surface area contributed by atoms with Crippen LogP contribution in [-0.2, 0) is 4.79 Å². The van der Waals surface area contributed by atoms with Crippen LogP contribution in [0.2, 0.25) is 0 Å². The van der Waals surface area contributed by atoms with Crippen LogP contribution < -0.4 is 16.4 Å². The van der Waals surface area contributed by atoms with Crippen molar-refractivity contribution >= 4 is 33.4 Å². The van der Waals surface area contributed by atoms with E-state index in [1.165, 1.54) is 0 Å². The summed E-state index contributed by atoms with van der Waals surface area (Å²) in [5.41, 5.74) is 6.26. The predicted octanol–water partition coefficient (Wildman–Crippen LogP) is 1.68. The maximum absolute atomic E-state index is 11.9. The van der Waals surface area contributed by atoms with Crippen LogP contribution in [0.1, 0.15) is 31.1 Å². The van der Waals surface area contributed by atoms with Gasteiger partial charge in [0.2, 0.25) is 5.91 Å². The third kappa shape index (κ3) is 4.90. The van der Waals surface area contributed by atoms with E-state index >= 15 is 0 Å². The molecule has 0 aliphatic heterocycles. The Labute approximate surface area is 121 Å². The molecule has 0 heterocycles. The Morgan fingerprint density at radius 3 is 2.53 bits per heavy atom. The van der Waals surface area contributed by atoms with Crippen molar-refractivity contribution in [3.63, 3.8) is 0 Å². The molecule has 104 valence electrons. The van der Waals surface area contributed by atoms with E-state index in [2.05, 4.69) is 26.6 Å². The minimum absolute atomic E-state index is 0.0721.